The Morgan fingerprint density at radius 3 is 2.64 bits per heavy atom. The minimum atomic E-state index is -0.490. The first kappa shape index (κ1) is 9.75. The van der Waals surface area contributed by atoms with E-state index < -0.39 is 5.97 Å². The predicted octanol–water partition coefficient (Wildman–Crippen LogP) is 0.968. The maximum absolute atomic E-state index is 10.8. The molecule has 0 atom stereocenters. The molecular formula is C8H13NO2. The molecule has 0 radical (unpaired) electrons. The van der Waals surface area contributed by atoms with Crippen LogP contribution in [-0.4, -0.2) is 12.6 Å². The van der Waals surface area contributed by atoms with Crippen LogP contribution in [0.25, 0.3) is 0 Å². The molecule has 0 aliphatic rings. The zero-order valence-corrected chi connectivity index (χ0v) is 6.89. The van der Waals surface area contributed by atoms with Crippen molar-refractivity contribution in [1.29, 1.82) is 0 Å². The summed E-state index contributed by atoms with van der Waals surface area (Å²) in [5.74, 6) is -0.490. The lowest BCUT2D eigenvalue weighted by Crippen LogP contribution is -2.14. The number of esters is 1. The first-order valence-corrected chi connectivity index (χ1v) is 3.37. The van der Waals surface area contributed by atoms with E-state index in [-0.39, 0.29) is 5.70 Å². The number of rotatable bonds is 3. The SMILES string of the molecule is C=C(C)/C=C(\N)C(=O)OCC. The highest BCUT2D eigenvalue weighted by atomic mass is 16.5. The second-order valence-corrected chi connectivity index (χ2v) is 2.17. The highest BCUT2D eigenvalue weighted by molar-refractivity contribution is 5.87. The molecule has 3 nitrogen and oxygen atoms in total. The van der Waals surface area contributed by atoms with Crippen LogP contribution in [0.2, 0.25) is 0 Å². The summed E-state index contributed by atoms with van der Waals surface area (Å²) in [6.07, 6.45) is 1.48. The minimum Gasteiger partial charge on any atom is -0.461 e. The first-order chi connectivity index (χ1) is 5.07. The Morgan fingerprint density at radius 2 is 2.27 bits per heavy atom. The van der Waals surface area contributed by atoms with Crippen LogP contribution in [0.5, 0.6) is 0 Å². The zero-order valence-electron chi connectivity index (χ0n) is 6.89. The van der Waals surface area contributed by atoms with Gasteiger partial charge in [-0.05, 0) is 19.9 Å². The van der Waals surface area contributed by atoms with Gasteiger partial charge in [-0.25, -0.2) is 4.79 Å². The van der Waals surface area contributed by atoms with Crippen molar-refractivity contribution in [2.45, 2.75) is 13.8 Å². The predicted molar refractivity (Wildman–Crippen MR) is 43.7 cm³/mol. The van der Waals surface area contributed by atoms with Gasteiger partial charge in [-0.3, -0.25) is 0 Å². The molecule has 0 heterocycles. The van der Waals surface area contributed by atoms with E-state index in [0.717, 1.165) is 5.57 Å². The summed E-state index contributed by atoms with van der Waals surface area (Å²) >= 11 is 0. The zero-order chi connectivity index (χ0) is 8.85. The Morgan fingerprint density at radius 1 is 1.73 bits per heavy atom. The van der Waals surface area contributed by atoms with E-state index in [1.54, 1.807) is 13.8 Å². The summed E-state index contributed by atoms with van der Waals surface area (Å²) in [7, 11) is 0. The van der Waals surface area contributed by atoms with Crippen molar-refractivity contribution < 1.29 is 9.53 Å². The molecule has 0 saturated heterocycles. The van der Waals surface area contributed by atoms with Gasteiger partial charge < -0.3 is 10.5 Å². The summed E-state index contributed by atoms with van der Waals surface area (Å²) in [4.78, 5) is 10.8. The number of allylic oxidation sites excluding steroid dienone is 2. The summed E-state index contributed by atoms with van der Waals surface area (Å²) in [6, 6.07) is 0. The van der Waals surface area contributed by atoms with Crippen LogP contribution in [-0.2, 0) is 9.53 Å². The second kappa shape index (κ2) is 4.55. The van der Waals surface area contributed by atoms with Crippen LogP contribution in [0.1, 0.15) is 13.8 Å². The van der Waals surface area contributed by atoms with E-state index in [1.807, 2.05) is 0 Å². The third-order valence-corrected chi connectivity index (χ3v) is 0.913. The molecule has 0 fully saturated rings. The summed E-state index contributed by atoms with van der Waals surface area (Å²) < 4.78 is 4.63. The van der Waals surface area contributed by atoms with Gasteiger partial charge >= 0.3 is 5.97 Å². The fraction of sp³-hybridized carbons (Fsp3) is 0.375. The van der Waals surface area contributed by atoms with Gasteiger partial charge in [-0.15, -0.1) is 0 Å². The Bertz CT molecular complexity index is 194. The van der Waals surface area contributed by atoms with Crippen LogP contribution in [0, 0.1) is 0 Å². The molecule has 0 rings (SSSR count). The van der Waals surface area contributed by atoms with Crippen LogP contribution in [0.15, 0.2) is 23.9 Å². The second-order valence-electron chi connectivity index (χ2n) is 2.17. The van der Waals surface area contributed by atoms with Crippen LogP contribution in [0.4, 0.5) is 0 Å². The van der Waals surface area contributed by atoms with Gasteiger partial charge in [-0.2, -0.15) is 0 Å². The van der Waals surface area contributed by atoms with Gasteiger partial charge in [0.1, 0.15) is 5.70 Å². The highest BCUT2D eigenvalue weighted by Crippen LogP contribution is 1.95. The third kappa shape index (κ3) is 4.19. The number of carbonyl (C=O) groups is 1. The molecule has 0 aromatic heterocycles. The standard InChI is InChI=1S/C8H13NO2/c1-4-11-8(10)7(9)5-6(2)3/h5H,2,4,9H2,1,3H3/b7-5-. The Labute approximate surface area is 66.5 Å². The quantitative estimate of drug-likeness (QED) is 0.375. The van der Waals surface area contributed by atoms with Gasteiger partial charge in [0.05, 0.1) is 6.61 Å². The molecule has 11 heavy (non-hydrogen) atoms. The van der Waals surface area contributed by atoms with E-state index in [9.17, 15) is 4.79 Å². The normalized spacial score (nSPS) is 10.9. The maximum atomic E-state index is 10.8. The van der Waals surface area contributed by atoms with Crippen molar-refractivity contribution >= 4 is 5.97 Å². The molecule has 0 unspecified atom stereocenters. The molecule has 0 aromatic carbocycles. The molecule has 0 aliphatic heterocycles. The van der Waals surface area contributed by atoms with E-state index in [0.29, 0.717) is 6.61 Å². The van der Waals surface area contributed by atoms with Gasteiger partial charge in [0.25, 0.3) is 0 Å². The number of ether oxygens (including phenoxy) is 1. The molecule has 3 heteroatoms. The molecule has 0 spiro atoms. The summed E-state index contributed by atoms with van der Waals surface area (Å²) in [6.45, 7) is 7.39. The van der Waals surface area contributed by atoms with Crippen molar-refractivity contribution in [3.63, 3.8) is 0 Å². The average Bonchev–Trinajstić information content (AvgIpc) is 1.86. The molecule has 0 aliphatic carbocycles. The Balaban J connectivity index is 4.12. The van der Waals surface area contributed by atoms with Gasteiger partial charge in [-0.1, -0.05) is 12.2 Å². The fourth-order valence-electron chi connectivity index (χ4n) is 0.539. The van der Waals surface area contributed by atoms with Crippen molar-refractivity contribution in [2.24, 2.45) is 5.73 Å². The van der Waals surface area contributed by atoms with Crippen molar-refractivity contribution in [1.82, 2.24) is 0 Å². The van der Waals surface area contributed by atoms with E-state index in [1.165, 1.54) is 6.08 Å². The molecule has 0 saturated carbocycles. The topological polar surface area (TPSA) is 52.3 Å². The molecule has 0 aromatic rings. The number of hydrogen-bond acceptors (Lipinski definition) is 3. The lowest BCUT2D eigenvalue weighted by atomic mass is 10.3. The molecule has 0 bridgehead atoms. The smallest absolute Gasteiger partial charge is 0.354 e. The summed E-state index contributed by atoms with van der Waals surface area (Å²) in [5, 5.41) is 0. The fourth-order valence-corrected chi connectivity index (χ4v) is 0.539. The molecule has 62 valence electrons. The highest BCUT2D eigenvalue weighted by Gasteiger charge is 2.03. The monoisotopic (exact) mass is 155 g/mol. The molecule has 0 amide bonds. The first-order valence-electron chi connectivity index (χ1n) is 3.37. The average molecular weight is 155 g/mol. The lowest BCUT2D eigenvalue weighted by Gasteiger charge is -2.00. The van der Waals surface area contributed by atoms with Gasteiger partial charge in [0.15, 0.2) is 0 Å². The number of carbonyl (C=O) groups excluding carboxylic acids is 1. The Kier molecular flexibility index (Phi) is 4.03. The van der Waals surface area contributed by atoms with Gasteiger partial charge in [0.2, 0.25) is 0 Å². The van der Waals surface area contributed by atoms with E-state index in [2.05, 4.69) is 11.3 Å². The van der Waals surface area contributed by atoms with E-state index >= 15 is 0 Å². The van der Waals surface area contributed by atoms with Crippen molar-refractivity contribution in [2.75, 3.05) is 6.61 Å². The number of hydrogen-bond donors (Lipinski definition) is 1. The van der Waals surface area contributed by atoms with Gasteiger partial charge in [0, 0.05) is 0 Å². The van der Waals surface area contributed by atoms with Crippen molar-refractivity contribution in [3.8, 4) is 0 Å². The largest absolute Gasteiger partial charge is 0.461 e. The Hall–Kier alpha value is -1.25. The molecule has 2 N–H and O–H groups in total. The molecular weight excluding hydrogens is 142 g/mol. The van der Waals surface area contributed by atoms with E-state index in [4.69, 9.17) is 5.73 Å². The summed E-state index contributed by atoms with van der Waals surface area (Å²) in [5.41, 5.74) is 6.16. The van der Waals surface area contributed by atoms with Crippen molar-refractivity contribution in [3.05, 3.63) is 23.9 Å². The van der Waals surface area contributed by atoms with Crippen LogP contribution in [0.3, 0.4) is 0 Å². The lowest BCUT2D eigenvalue weighted by molar-refractivity contribution is -0.138. The maximum Gasteiger partial charge on any atom is 0.354 e. The van der Waals surface area contributed by atoms with Crippen LogP contribution >= 0.6 is 0 Å². The number of nitrogens with two attached hydrogens (primary N) is 1. The third-order valence-electron chi connectivity index (χ3n) is 0.913. The van der Waals surface area contributed by atoms with Crippen LogP contribution < -0.4 is 5.73 Å². The minimum absolute atomic E-state index is 0.0966.